The zero-order valence-electron chi connectivity index (χ0n) is 12.1. The Kier molecular flexibility index (Phi) is 4.71. The summed E-state index contributed by atoms with van der Waals surface area (Å²) in [6.45, 7) is 0.765. The molecule has 110 valence electrons. The molecule has 2 aromatic rings. The van der Waals surface area contributed by atoms with Crippen molar-refractivity contribution in [1.82, 2.24) is 20.5 Å². The number of carbonyl (C=O) groups is 2. The Balaban J connectivity index is 1.89. The van der Waals surface area contributed by atoms with Gasteiger partial charge in [0.2, 0.25) is 0 Å². The number of fused-ring (bicyclic) bond motifs is 1. The van der Waals surface area contributed by atoms with Crippen molar-refractivity contribution in [3.63, 3.8) is 0 Å². The summed E-state index contributed by atoms with van der Waals surface area (Å²) in [6.07, 6.45) is 1.72. The molecule has 0 saturated heterocycles. The molecule has 1 aromatic carbocycles. The van der Waals surface area contributed by atoms with Gasteiger partial charge < -0.3 is 15.5 Å². The quantitative estimate of drug-likeness (QED) is 0.830. The smallest absolute Gasteiger partial charge is 0.316 e. The maximum atomic E-state index is 12.0. The van der Waals surface area contributed by atoms with Gasteiger partial charge in [-0.05, 0) is 24.3 Å². The lowest BCUT2D eigenvalue weighted by molar-refractivity contribution is 0.0954. The van der Waals surface area contributed by atoms with Crippen LogP contribution < -0.4 is 10.6 Å². The number of nitrogens with one attached hydrogen (secondary N) is 2. The maximum Gasteiger partial charge on any atom is 0.316 e. The molecule has 3 amide bonds. The summed E-state index contributed by atoms with van der Waals surface area (Å²) in [5.41, 5.74) is 1.43. The average molecular weight is 286 g/mol. The summed E-state index contributed by atoms with van der Waals surface area (Å²) < 4.78 is 0. The van der Waals surface area contributed by atoms with E-state index in [0.29, 0.717) is 18.7 Å². The van der Waals surface area contributed by atoms with E-state index in [0.717, 1.165) is 10.9 Å². The van der Waals surface area contributed by atoms with E-state index in [1.807, 2.05) is 18.2 Å². The summed E-state index contributed by atoms with van der Waals surface area (Å²) in [4.78, 5) is 29.0. The number of aromatic nitrogens is 1. The third-order valence-electron chi connectivity index (χ3n) is 2.96. The van der Waals surface area contributed by atoms with E-state index in [1.165, 1.54) is 4.90 Å². The molecule has 0 radical (unpaired) electrons. The normalized spacial score (nSPS) is 10.2. The SMILES string of the molecule is CN(C)C(=O)NCCNC(=O)c1ccc2ncccc2c1. The van der Waals surface area contributed by atoms with Gasteiger partial charge in [0.1, 0.15) is 0 Å². The molecule has 0 atom stereocenters. The number of urea groups is 1. The first-order chi connectivity index (χ1) is 10.1. The third kappa shape index (κ3) is 3.92. The van der Waals surface area contributed by atoms with Crippen molar-refractivity contribution in [2.45, 2.75) is 0 Å². The van der Waals surface area contributed by atoms with Crippen LogP contribution in [-0.4, -0.2) is 49.0 Å². The van der Waals surface area contributed by atoms with E-state index in [1.54, 1.807) is 32.4 Å². The second-order valence-electron chi connectivity index (χ2n) is 4.79. The Hall–Kier alpha value is -2.63. The van der Waals surface area contributed by atoms with E-state index in [9.17, 15) is 9.59 Å². The van der Waals surface area contributed by atoms with E-state index >= 15 is 0 Å². The highest BCUT2D eigenvalue weighted by Crippen LogP contribution is 2.13. The van der Waals surface area contributed by atoms with Crippen LogP contribution in [0.15, 0.2) is 36.5 Å². The molecule has 0 bridgehead atoms. The fourth-order valence-corrected chi connectivity index (χ4v) is 1.82. The van der Waals surface area contributed by atoms with Crippen molar-refractivity contribution in [3.8, 4) is 0 Å². The summed E-state index contributed by atoms with van der Waals surface area (Å²) in [5, 5.41) is 6.37. The molecule has 2 rings (SSSR count). The van der Waals surface area contributed by atoms with Gasteiger partial charge in [0.05, 0.1) is 5.52 Å². The third-order valence-corrected chi connectivity index (χ3v) is 2.96. The predicted octanol–water partition coefficient (Wildman–Crippen LogP) is 1.24. The minimum Gasteiger partial charge on any atom is -0.350 e. The van der Waals surface area contributed by atoms with Crippen molar-refractivity contribution in [2.75, 3.05) is 27.2 Å². The van der Waals surface area contributed by atoms with Crippen LogP contribution in [0.1, 0.15) is 10.4 Å². The molecule has 0 unspecified atom stereocenters. The molecular weight excluding hydrogens is 268 g/mol. The number of pyridine rings is 1. The van der Waals surface area contributed by atoms with Crippen molar-refractivity contribution in [3.05, 3.63) is 42.1 Å². The Morgan fingerprint density at radius 2 is 1.90 bits per heavy atom. The van der Waals surface area contributed by atoms with Crippen LogP contribution >= 0.6 is 0 Å². The number of hydrogen-bond acceptors (Lipinski definition) is 3. The zero-order chi connectivity index (χ0) is 15.2. The topological polar surface area (TPSA) is 74.3 Å². The number of amides is 3. The maximum absolute atomic E-state index is 12.0. The van der Waals surface area contributed by atoms with Crippen LogP contribution in [0.3, 0.4) is 0 Å². The number of carbonyl (C=O) groups excluding carboxylic acids is 2. The first-order valence-corrected chi connectivity index (χ1v) is 6.66. The Labute approximate surface area is 123 Å². The standard InChI is InChI=1S/C15H18N4O2/c1-19(2)15(21)18-9-8-17-14(20)12-5-6-13-11(10-12)4-3-7-16-13/h3-7,10H,8-9H2,1-2H3,(H,17,20)(H,18,21). The van der Waals surface area contributed by atoms with E-state index in [2.05, 4.69) is 15.6 Å². The van der Waals surface area contributed by atoms with Crippen LogP contribution in [0.4, 0.5) is 4.79 Å². The fourth-order valence-electron chi connectivity index (χ4n) is 1.82. The fraction of sp³-hybridized carbons (Fsp3) is 0.267. The van der Waals surface area contributed by atoms with Gasteiger partial charge in [0.25, 0.3) is 5.91 Å². The molecule has 0 aliphatic rings. The highest BCUT2D eigenvalue weighted by Gasteiger charge is 2.07. The van der Waals surface area contributed by atoms with Crippen molar-refractivity contribution in [2.24, 2.45) is 0 Å². The highest BCUT2D eigenvalue weighted by atomic mass is 16.2. The lowest BCUT2D eigenvalue weighted by Crippen LogP contribution is -2.39. The second kappa shape index (κ2) is 6.69. The molecule has 2 N–H and O–H groups in total. The largest absolute Gasteiger partial charge is 0.350 e. The number of nitrogens with zero attached hydrogens (tertiary/aromatic N) is 2. The van der Waals surface area contributed by atoms with Crippen LogP contribution in [0.25, 0.3) is 10.9 Å². The number of benzene rings is 1. The summed E-state index contributed by atoms with van der Waals surface area (Å²) in [6, 6.07) is 8.93. The first-order valence-electron chi connectivity index (χ1n) is 6.66. The van der Waals surface area contributed by atoms with Crippen LogP contribution in [0, 0.1) is 0 Å². The minimum atomic E-state index is -0.180. The number of rotatable bonds is 4. The Bertz CT molecular complexity index is 655. The van der Waals surface area contributed by atoms with E-state index < -0.39 is 0 Å². The van der Waals surface area contributed by atoms with Gasteiger partial charge in [0.15, 0.2) is 0 Å². The molecule has 0 aliphatic carbocycles. The van der Waals surface area contributed by atoms with E-state index in [4.69, 9.17) is 0 Å². The average Bonchev–Trinajstić information content (AvgIpc) is 2.50. The lowest BCUT2D eigenvalue weighted by atomic mass is 10.1. The van der Waals surface area contributed by atoms with Gasteiger partial charge in [-0.1, -0.05) is 6.07 Å². The lowest BCUT2D eigenvalue weighted by Gasteiger charge is -2.12. The molecule has 21 heavy (non-hydrogen) atoms. The molecule has 1 aromatic heterocycles. The van der Waals surface area contributed by atoms with Gasteiger partial charge in [-0.2, -0.15) is 0 Å². The molecule has 0 fully saturated rings. The van der Waals surface area contributed by atoms with Crippen LogP contribution in [-0.2, 0) is 0 Å². The summed E-state index contributed by atoms with van der Waals surface area (Å²) in [7, 11) is 3.33. The molecule has 6 heteroatoms. The second-order valence-corrected chi connectivity index (χ2v) is 4.79. The predicted molar refractivity (Wildman–Crippen MR) is 81.2 cm³/mol. The van der Waals surface area contributed by atoms with Crippen molar-refractivity contribution in [1.29, 1.82) is 0 Å². The Morgan fingerprint density at radius 1 is 1.14 bits per heavy atom. The zero-order valence-corrected chi connectivity index (χ0v) is 12.1. The molecule has 0 aliphatic heterocycles. The van der Waals surface area contributed by atoms with E-state index in [-0.39, 0.29) is 11.9 Å². The minimum absolute atomic E-state index is 0.167. The molecule has 0 spiro atoms. The van der Waals surface area contributed by atoms with Gasteiger partial charge in [-0.15, -0.1) is 0 Å². The van der Waals surface area contributed by atoms with Gasteiger partial charge in [-0.3, -0.25) is 9.78 Å². The summed E-state index contributed by atoms with van der Waals surface area (Å²) >= 11 is 0. The molecular formula is C15H18N4O2. The number of hydrogen-bond donors (Lipinski definition) is 2. The first kappa shape index (κ1) is 14.8. The van der Waals surface area contributed by atoms with Crippen LogP contribution in [0.5, 0.6) is 0 Å². The monoisotopic (exact) mass is 286 g/mol. The summed E-state index contributed by atoms with van der Waals surface area (Å²) in [5.74, 6) is -0.167. The molecule has 6 nitrogen and oxygen atoms in total. The molecule has 0 saturated carbocycles. The Morgan fingerprint density at radius 3 is 2.67 bits per heavy atom. The molecule has 1 heterocycles. The van der Waals surface area contributed by atoms with Crippen molar-refractivity contribution < 1.29 is 9.59 Å². The highest BCUT2D eigenvalue weighted by molar-refractivity contribution is 5.97. The van der Waals surface area contributed by atoms with Gasteiger partial charge in [-0.25, -0.2) is 4.79 Å². The van der Waals surface area contributed by atoms with Gasteiger partial charge >= 0.3 is 6.03 Å². The van der Waals surface area contributed by atoms with Crippen LogP contribution in [0.2, 0.25) is 0 Å². The van der Waals surface area contributed by atoms with Crippen molar-refractivity contribution >= 4 is 22.8 Å². The van der Waals surface area contributed by atoms with Gasteiger partial charge in [0, 0.05) is 44.3 Å².